The molecule has 0 aliphatic heterocycles. The largest absolute Gasteiger partial charge is 0.480 e. The highest BCUT2D eigenvalue weighted by molar-refractivity contribution is 6.03. The molecule has 3 N–H and O–H groups in total. The highest BCUT2D eigenvalue weighted by atomic mass is 19.4. The second kappa shape index (κ2) is 7.39. The van der Waals surface area contributed by atoms with E-state index >= 15 is 0 Å². The number of hydrogen-bond acceptors (Lipinski definition) is 3. The SMILES string of the molecule is NC1(C(=O)O)CCC(C(=O)c2ccccc2-c2ccc(C(F)(F)F)cc2)CC1. The van der Waals surface area contributed by atoms with E-state index in [4.69, 9.17) is 5.73 Å². The minimum Gasteiger partial charge on any atom is -0.480 e. The molecule has 1 saturated carbocycles. The number of Topliss-reactive ketones (excluding diaryl/α,β-unsaturated/α-hetero) is 1. The first-order valence-electron chi connectivity index (χ1n) is 8.95. The zero-order valence-corrected chi connectivity index (χ0v) is 15.0. The number of hydrogen-bond donors (Lipinski definition) is 2. The van der Waals surface area contributed by atoms with Gasteiger partial charge in [0.1, 0.15) is 5.54 Å². The van der Waals surface area contributed by atoms with Gasteiger partial charge in [0.05, 0.1) is 5.56 Å². The number of carbonyl (C=O) groups is 2. The van der Waals surface area contributed by atoms with Crippen LogP contribution in [-0.4, -0.2) is 22.4 Å². The van der Waals surface area contributed by atoms with E-state index in [9.17, 15) is 27.9 Å². The van der Waals surface area contributed by atoms with E-state index in [0.717, 1.165) is 12.1 Å². The molecule has 0 atom stereocenters. The Balaban J connectivity index is 1.85. The Bertz CT molecular complexity index is 883. The van der Waals surface area contributed by atoms with Gasteiger partial charge in [0, 0.05) is 11.5 Å². The van der Waals surface area contributed by atoms with Gasteiger partial charge < -0.3 is 10.8 Å². The lowest BCUT2D eigenvalue weighted by Gasteiger charge is -2.33. The summed E-state index contributed by atoms with van der Waals surface area (Å²) in [5, 5.41) is 9.22. The summed E-state index contributed by atoms with van der Waals surface area (Å²) in [5.74, 6) is -1.56. The van der Waals surface area contributed by atoms with Gasteiger partial charge in [-0.15, -0.1) is 0 Å². The Labute approximate surface area is 160 Å². The quantitative estimate of drug-likeness (QED) is 0.751. The fourth-order valence-corrected chi connectivity index (χ4v) is 3.62. The highest BCUT2D eigenvalue weighted by Gasteiger charge is 2.40. The van der Waals surface area contributed by atoms with Crippen LogP contribution in [0, 0.1) is 5.92 Å². The van der Waals surface area contributed by atoms with Gasteiger partial charge in [-0.1, -0.05) is 36.4 Å². The van der Waals surface area contributed by atoms with Crippen molar-refractivity contribution in [3.05, 3.63) is 59.7 Å². The number of ketones is 1. The highest BCUT2D eigenvalue weighted by Crippen LogP contribution is 2.36. The number of alkyl halides is 3. The third-order valence-corrected chi connectivity index (χ3v) is 5.39. The molecule has 2 aromatic carbocycles. The smallest absolute Gasteiger partial charge is 0.416 e. The first-order chi connectivity index (χ1) is 13.1. The molecular formula is C21H20F3NO3. The first kappa shape index (κ1) is 20.1. The van der Waals surface area contributed by atoms with Gasteiger partial charge >= 0.3 is 12.1 Å². The molecule has 1 aliphatic carbocycles. The Kier molecular flexibility index (Phi) is 5.30. The number of nitrogens with two attached hydrogens (primary N) is 1. The molecule has 3 rings (SSSR count). The molecule has 7 heteroatoms. The molecule has 1 aliphatic rings. The predicted octanol–water partition coefficient (Wildman–Crippen LogP) is 4.53. The second-order valence-electron chi connectivity index (χ2n) is 7.22. The fourth-order valence-electron chi connectivity index (χ4n) is 3.62. The topological polar surface area (TPSA) is 80.4 Å². The maximum Gasteiger partial charge on any atom is 0.416 e. The molecule has 148 valence electrons. The number of halogens is 3. The van der Waals surface area contributed by atoms with E-state index in [-0.39, 0.29) is 24.5 Å². The third-order valence-electron chi connectivity index (χ3n) is 5.39. The molecule has 0 radical (unpaired) electrons. The fraction of sp³-hybridized carbons (Fsp3) is 0.333. The van der Waals surface area contributed by atoms with Crippen LogP contribution in [0.25, 0.3) is 11.1 Å². The van der Waals surface area contributed by atoms with Crippen LogP contribution < -0.4 is 5.73 Å². The van der Waals surface area contributed by atoms with Crippen molar-refractivity contribution >= 4 is 11.8 Å². The van der Waals surface area contributed by atoms with Crippen LogP contribution in [0.2, 0.25) is 0 Å². The summed E-state index contributed by atoms with van der Waals surface area (Å²) in [4.78, 5) is 24.3. The van der Waals surface area contributed by atoms with Crippen LogP contribution >= 0.6 is 0 Å². The Hall–Kier alpha value is -2.67. The molecule has 28 heavy (non-hydrogen) atoms. The molecule has 2 aromatic rings. The van der Waals surface area contributed by atoms with Gasteiger partial charge in [-0.2, -0.15) is 13.2 Å². The molecule has 0 aromatic heterocycles. The van der Waals surface area contributed by atoms with Crippen molar-refractivity contribution in [1.82, 2.24) is 0 Å². The van der Waals surface area contributed by atoms with Gasteiger partial charge in [-0.25, -0.2) is 0 Å². The second-order valence-corrected chi connectivity index (χ2v) is 7.22. The predicted molar refractivity (Wildman–Crippen MR) is 97.7 cm³/mol. The average Bonchev–Trinajstić information content (AvgIpc) is 2.67. The van der Waals surface area contributed by atoms with Crippen LogP contribution in [0.5, 0.6) is 0 Å². The molecule has 0 bridgehead atoms. The van der Waals surface area contributed by atoms with Crippen LogP contribution in [0.1, 0.15) is 41.6 Å². The number of rotatable bonds is 4. The zero-order valence-electron chi connectivity index (χ0n) is 15.0. The summed E-state index contributed by atoms with van der Waals surface area (Å²) in [6.45, 7) is 0. The minimum atomic E-state index is -4.42. The number of carbonyl (C=O) groups excluding carboxylic acids is 1. The molecule has 0 spiro atoms. The summed E-state index contributed by atoms with van der Waals surface area (Å²) in [7, 11) is 0. The lowest BCUT2D eigenvalue weighted by Crippen LogP contribution is -2.51. The summed E-state index contributed by atoms with van der Waals surface area (Å²) in [6.07, 6.45) is -3.27. The first-order valence-corrected chi connectivity index (χ1v) is 8.95. The molecule has 1 fully saturated rings. The molecular weight excluding hydrogens is 371 g/mol. The van der Waals surface area contributed by atoms with E-state index in [1.807, 2.05) is 0 Å². The maximum absolute atomic E-state index is 13.0. The lowest BCUT2D eigenvalue weighted by atomic mass is 9.74. The Morgan fingerprint density at radius 2 is 1.57 bits per heavy atom. The molecule has 0 saturated heterocycles. The van der Waals surface area contributed by atoms with Crippen molar-refractivity contribution in [2.24, 2.45) is 11.7 Å². The molecule has 4 nitrogen and oxygen atoms in total. The van der Waals surface area contributed by atoms with Crippen molar-refractivity contribution in [2.45, 2.75) is 37.4 Å². The van der Waals surface area contributed by atoms with Crippen molar-refractivity contribution in [3.63, 3.8) is 0 Å². The van der Waals surface area contributed by atoms with E-state index in [1.165, 1.54) is 12.1 Å². The Morgan fingerprint density at radius 1 is 1.00 bits per heavy atom. The molecule has 0 amide bonds. The summed E-state index contributed by atoms with van der Waals surface area (Å²) in [6, 6.07) is 11.5. The van der Waals surface area contributed by atoms with Gasteiger partial charge in [-0.05, 0) is 48.9 Å². The van der Waals surface area contributed by atoms with E-state index in [1.54, 1.807) is 24.3 Å². The monoisotopic (exact) mass is 391 g/mol. The Morgan fingerprint density at radius 3 is 2.11 bits per heavy atom. The van der Waals surface area contributed by atoms with E-state index in [2.05, 4.69) is 0 Å². The minimum absolute atomic E-state index is 0.136. The normalized spacial score (nSPS) is 22.6. The van der Waals surface area contributed by atoms with E-state index in [0.29, 0.717) is 29.5 Å². The van der Waals surface area contributed by atoms with Crippen molar-refractivity contribution in [1.29, 1.82) is 0 Å². The van der Waals surface area contributed by atoms with Crippen molar-refractivity contribution in [2.75, 3.05) is 0 Å². The van der Waals surface area contributed by atoms with Crippen LogP contribution in [0.4, 0.5) is 13.2 Å². The molecule has 0 heterocycles. The van der Waals surface area contributed by atoms with Gasteiger partial charge in [0.25, 0.3) is 0 Å². The van der Waals surface area contributed by atoms with Gasteiger partial charge in [0.15, 0.2) is 5.78 Å². The van der Waals surface area contributed by atoms with Gasteiger partial charge in [0.2, 0.25) is 0 Å². The third kappa shape index (κ3) is 3.94. The number of benzene rings is 2. The summed E-state index contributed by atoms with van der Waals surface area (Å²) < 4.78 is 38.4. The number of carboxylic acids is 1. The van der Waals surface area contributed by atoms with Crippen LogP contribution in [-0.2, 0) is 11.0 Å². The van der Waals surface area contributed by atoms with Crippen molar-refractivity contribution < 1.29 is 27.9 Å². The lowest BCUT2D eigenvalue weighted by molar-refractivity contribution is -0.144. The zero-order chi connectivity index (χ0) is 20.5. The van der Waals surface area contributed by atoms with E-state index < -0.39 is 23.2 Å². The number of carboxylic acid groups (broad SMARTS) is 1. The van der Waals surface area contributed by atoms with Gasteiger partial charge in [-0.3, -0.25) is 9.59 Å². The number of aliphatic carboxylic acids is 1. The average molecular weight is 391 g/mol. The summed E-state index contributed by atoms with van der Waals surface area (Å²) in [5.41, 5.74) is 5.32. The standard InChI is InChI=1S/C21H20F3NO3/c22-21(23,24)15-7-5-13(6-8-15)16-3-1-2-4-17(16)18(26)14-9-11-20(25,12-10-14)19(27)28/h1-8,14H,9-12,25H2,(H,27,28). The van der Waals surface area contributed by atoms with Crippen LogP contribution in [0.15, 0.2) is 48.5 Å². The van der Waals surface area contributed by atoms with Crippen LogP contribution in [0.3, 0.4) is 0 Å². The molecule has 0 unspecified atom stereocenters. The van der Waals surface area contributed by atoms with Crippen molar-refractivity contribution in [3.8, 4) is 11.1 Å². The maximum atomic E-state index is 13.0. The summed E-state index contributed by atoms with van der Waals surface area (Å²) >= 11 is 0.